The Labute approximate surface area is 157 Å². The fraction of sp³-hybridized carbons (Fsp3) is 0.421. The maximum absolute atomic E-state index is 12.3. The Balaban J connectivity index is 1.53. The van der Waals surface area contributed by atoms with E-state index in [-0.39, 0.29) is 17.9 Å². The zero-order valence-electron chi connectivity index (χ0n) is 14.8. The van der Waals surface area contributed by atoms with Crippen LogP contribution < -0.4 is 10.6 Å². The van der Waals surface area contributed by atoms with Crippen LogP contribution in [0.15, 0.2) is 30.5 Å². The average molecular weight is 373 g/mol. The first-order chi connectivity index (χ1) is 12.7. The lowest BCUT2D eigenvalue weighted by atomic mass is 10.1. The highest BCUT2D eigenvalue weighted by Crippen LogP contribution is 2.14. The van der Waals surface area contributed by atoms with Crippen LogP contribution >= 0.6 is 11.3 Å². The molecule has 0 saturated carbocycles. The van der Waals surface area contributed by atoms with E-state index in [0.29, 0.717) is 23.5 Å². The van der Waals surface area contributed by atoms with Crippen molar-refractivity contribution in [3.63, 3.8) is 0 Å². The molecule has 1 aliphatic heterocycles. The highest BCUT2D eigenvalue weighted by atomic mass is 32.1. The second kappa shape index (κ2) is 8.91. The second-order valence-electron chi connectivity index (χ2n) is 6.20. The molecule has 2 amide bonds. The number of amides is 2. The minimum Gasteiger partial charge on any atom is -0.376 e. The van der Waals surface area contributed by atoms with Crippen molar-refractivity contribution in [2.45, 2.75) is 38.8 Å². The summed E-state index contributed by atoms with van der Waals surface area (Å²) in [4.78, 5) is 29.3. The first-order valence-corrected chi connectivity index (χ1v) is 9.69. The zero-order chi connectivity index (χ0) is 18.4. The van der Waals surface area contributed by atoms with E-state index in [0.717, 1.165) is 36.4 Å². The van der Waals surface area contributed by atoms with Gasteiger partial charge in [-0.2, -0.15) is 0 Å². The highest BCUT2D eigenvalue weighted by molar-refractivity contribution is 7.13. The van der Waals surface area contributed by atoms with Gasteiger partial charge in [0, 0.05) is 25.3 Å². The van der Waals surface area contributed by atoms with E-state index < -0.39 is 0 Å². The quantitative estimate of drug-likeness (QED) is 0.782. The Morgan fingerprint density at radius 3 is 2.92 bits per heavy atom. The van der Waals surface area contributed by atoms with E-state index in [1.807, 2.05) is 19.1 Å². The molecule has 1 aliphatic rings. The number of ether oxygens (including phenoxy) is 1. The van der Waals surface area contributed by atoms with Crippen molar-refractivity contribution < 1.29 is 14.3 Å². The van der Waals surface area contributed by atoms with Gasteiger partial charge in [0.25, 0.3) is 11.8 Å². The number of hydrogen-bond acceptors (Lipinski definition) is 5. The van der Waals surface area contributed by atoms with E-state index in [1.54, 1.807) is 18.3 Å². The second-order valence-corrected chi connectivity index (χ2v) is 7.32. The molecular weight excluding hydrogens is 350 g/mol. The van der Waals surface area contributed by atoms with Crippen LogP contribution in [0.25, 0.3) is 0 Å². The van der Waals surface area contributed by atoms with Gasteiger partial charge in [0.1, 0.15) is 4.88 Å². The van der Waals surface area contributed by atoms with Gasteiger partial charge in [-0.15, -0.1) is 11.3 Å². The summed E-state index contributed by atoms with van der Waals surface area (Å²) in [6, 6.07) is 7.29. The number of rotatable bonds is 7. The third-order valence-corrected chi connectivity index (χ3v) is 5.38. The summed E-state index contributed by atoms with van der Waals surface area (Å²) in [5.41, 5.74) is 1.46. The van der Waals surface area contributed by atoms with Gasteiger partial charge < -0.3 is 15.4 Å². The molecule has 6 nitrogen and oxygen atoms in total. The Hall–Kier alpha value is -2.25. The summed E-state index contributed by atoms with van der Waals surface area (Å²) >= 11 is 1.40. The van der Waals surface area contributed by atoms with Gasteiger partial charge in [-0.05, 0) is 37.0 Å². The van der Waals surface area contributed by atoms with Gasteiger partial charge in [-0.3, -0.25) is 9.59 Å². The fourth-order valence-corrected chi connectivity index (χ4v) is 3.56. The summed E-state index contributed by atoms with van der Waals surface area (Å²) in [6.45, 7) is 3.68. The SMILES string of the molecule is CCc1ncc(C(=O)NCc2cccc(C(=O)NCC3CCCO3)c2)s1. The molecule has 1 unspecified atom stereocenters. The molecule has 138 valence electrons. The monoisotopic (exact) mass is 373 g/mol. The number of nitrogens with one attached hydrogen (secondary N) is 2. The Bertz CT molecular complexity index is 769. The maximum atomic E-state index is 12.3. The van der Waals surface area contributed by atoms with Crippen molar-refractivity contribution in [3.8, 4) is 0 Å². The summed E-state index contributed by atoms with van der Waals surface area (Å²) in [5, 5.41) is 6.73. The molecule has 0 aliphatic carbocycles. The molecule has 7 heteroatoms. The van der Waals surface area contributed by atoms with Gasteiger partial charge in [-0.1, -0.05) is 19.1 Å². The molecule has 1 aromatic carbocycles. The summed E-state index contributed by atoms with van der Waals surface area (Å²) in [6.07, 6.45) is 4.59. The van der Waals surface area contributed by atoms with Crippen LogP contribution in [-0.4, -0.2) is 36.1 Å². The third kappa shape index (κ3) is 4.89. The molecule has 1 aromatic heterocycles. The first kappa shape index (κ1) is 18.5. The van der Waals surface area contributed by atoms with E-state index >= 15 is 0 Å². The predicted molar refractivity (Wildman–Crippen MR) is 100 cm³/mol. The first-order valence-electron chi connectivity index (χ1n) is 8.87. The molecule has 2 aromatic rings. The molecule has 2 N–H and O–H groups in total. The van der Waals surface area contributed by atoms with Crippen LogP contribution in [0.1, 0.15) is 50.4 Å². The van der Waals surface area contributed by atoms with Crippen LogP contribution in [0.5, 0.6) is 0 Å². The number of benzene rings is 1. The number of nitrogens with zero attached hydrogens (tertiary/aromatic N) is 1. The molecule has 2 heterocycles. The standard InChI is InChI=1S/C19H23N3O3S/c1-2-17-20-12-16(26-17)19(24)21-10-13-5-3-6-14(9-13)18(23)22-11-15-7-4-8-25-15/h3,5-6,9,12,15H,2,4,7-8,10-11H2,1H3,(H,21,24)(H,22,23). The molecule has 0 bridgehead atoms. The van der Waals surface area contributed by atoms with E-state index in [4.69, 9.17) is 4.74 Å². The predicted octanol–water partition coefficient (Wildman–Crippen LogP) is 2.54. The van der Waals surface area contributed by atoms with Crippen LogP contribution in [0.2, 0.25) is 0 Å². The van der Waals surface area contributed by atoms with Gasteiger partial charge in [0.05, 0.1) is 17.3 Å². The van der Waals surface area contributed by atoms with Crippen molar-refractivity contribution >= 4 is 23.2 Å². The van der Waals surface area contributed by atoms with E-state index in [1.165, 1.54) is 11.3 Å². The number of carbonyl (C=O) groups is 2. The third-order valence-electron chi connectivity index (χ3n) is 4.24. The number of carbonyl (C=O) groups excluding carboxylic acids is 2. The van der Waals surface area contributed by atoms with Gasteiger partial charge >= 0.3 is 0 Å². The van der Waals surface area contributed by atoms with Crippen molar-refractivity contribution in [1.82, 2.24) is 15.6 Å². The van der Waals surface area contributed by atoms with Crippen LogP contribution in [0, 0.1) is 0 Å². The number of aromatic nitrogens is 1. The smallest absolute Gasteiger partial charge is 0.263 e. The molecule has 1 atom stereocenters. The van der Waals surface area contributed by atoms with Crippen LogP contribution in [0.3, 0.4) is 0 Å². The topological polar surface area (TPSA) is 80.3 Å². The zero-order valence-corrected chi connectivity index (χ0v) is 15.6. The largest absolute Gasteiger partial charge is 0.376 e. The van der Waals surface area contributed by atoms with Gasteiger partial charge in [0.2, 0.25) is 0 Å². The minimum absolute atomic E-state index is 0.119. The van der Waals surface area contributed by atoms with Crippen LogP contribution in [-0.2, 0) is 17.7 Å². The molecule has 0 spiro atoms. The summed E-state index contributed by atoms with van der Waals surface area (Å²) in [7, 11) is 0. The van der Waals surface area contributed by atoms with E-state index in [9.17, 15) is 9.59 Å². The van der Waals surface area contributed by atoms with Crippen molar-refractivity contribution in [3.05, 3.63) is 51.5 Å². The van der Waals surface area contributed by atoms with Crippen LogP contribution in [0.4, 0.5) is 0 Å². The molecule has 0 radical (unpaired) electrons. The lowest BCUT2D eigenvalue weighted by Crippen LogP contribution is -2.31. The lowest BCUT2D eigenvalue weighted by Gasteiger charge is -2.11. The molecule has 3 rings (SSSR count). The van der Waals surface area contributed by atoms with Gasteiger partial charge in [0.15, 0.2) is 0 Å². The molecule has 26 heavy (non-hydrogen) atoms. The Morgan fingerprint density at radius 2 is 2.19 bits per heavy atom. The maximum Gasteiger partial charge on any atom is 0.263 e. The van der Waals surface area contributed by atoms with Gasteiger partial charge in [-0.25, -0.2) is 4.98 Å². The van der Waals surface area contributed by atoms with Crippen molar-refractivity contribution in [2.24, 2.45) is 0 Å². The molecule has 1 fully saturated rings. The number of thiazole rings is 1. The number of aryl methyl sites for hydroxylation is 1. The fourth-order valence-electron chi connectivity index (χ4n) is 2.78. The summed E-state index contributed by atoms with van der Waals surface area (Å²) < 4.78 is 5.51. The normalized spacial score (nSPS) is 16.4. The molecular formula is C19H23N3O3S. The highest BCUT2D eigenvalue weighted by Gasteiger charge is 2.17. The minimum atomic E-state index is -0.143. The average Bonchev–Trinajstić information content (AvgIpc) is 3.36. The summed E-state index contributed by atoms with van der Waals surface area (Å²) in [5.74, 6) is -0.265. The Kier molecular flexibility index (Phi) is 6.35. The Morgan fingerprint density at radius 1 is 1.31 bits per heavy atom. The lowest BCUT2D eigenvalue weighted by molar-refractivity contribution is 0.0857. The van der Waals surface area contributed by atoms with Crippen molar-refractivity contribution in [1.29, 1.82) is 0 Å². The van der Waals surface area contributed by atoms with E-state index in [2.05, 4.69) is 15.6 Å². The molecule has 1 saturated heterocycles. The number of hydrogen-bond donors (Lipinski definition) is 2. The van der Waals surface area contributed by atoms with Crippen molar-refractivity contribution in [2.75, 3.05) is 13.2 Å².